The van der Waals surface area contributed by atoms with Crippen LogP contribution in [-0.2, 0) is 27.3 Å². The quantitative estimate of drug-likeness (QED) is 0.0927. The first kappa shape index (κ1) is 49.3. The number of likely N-dealkylation sites (tertiary alicyclic amines) is 3. The summed E-state index contributed by atoms with van der Waals surface area (Å²) in [7, 11) is 0. The number of phenolic OH excluding ortho intramolecular Hbond substituents is 1. The van der Waals surface area contributed by atoms with E-state index in [-0.39, 0.29) is 48.5 Å². The van der Waals surface area contributed by atoms with Crippen LogP contribution in [0.2, 0.25) is 0 Å². The average molecular weight is 994 g/mol. The summed E-state index contributed by atoms with van der Waals surface area (Å²) in [6.45, 7) is 11.0. The summed E-state index contributed by atoms with van der Waals surface area (Å²) in [4.78, 5) is 74.1. The zero-order valence-corrected chi connectivity index (χ0v) is 41.7. The fraction of sp³-hybridized carbons (Fsp3) is 0.481. The Bertz CT molecular complexity index is 2960. The molecule has 1 saturated carbocycles. The Balaban J connectivity index is 0.693. The number of urea groups is 1. The van der Waals surface area contributed by atoms with Gasteiger partial charge in [-0.25, -0.2) is 19.6 Å². The number of piperidine rings is 1. The van der Waals surface area contributed by atoms with Crippen molar-refractivity contribution in [3.8, 4) is 35.1 Å². The number of carbonyl (C=O) groups is 4. The van der Waals surface area contributed by atoms with Gasteiger partial charge in [-0.1, -0.05) is 44.9 Å². The number of fused-ring (bicyclic) bond motifs is 3. The Kier molecular flexibility index (Phi) is 13.2. The van der Waals surface area contributed by atoms with E-state index in [1.165, 1.54) is 11.0 Å². The molecule has 0 bridgehead atoms. The molecule has 4 aliphatic heterocycles. The van der Waals surface area contributed by atoms with Crippen LogP contribution in [0.4, 0.5) is 10.7 Å². The van der Waals surface area contributed by atoms with Crippen LogP contribution in [0, 0.1) is 23.2 Å². The number of nitrogens with one attached hydrogen (secondary N) is 3. The molecule has 382 valence electrons. The van der Waals surface area contributed by atoms with Crippen molar-refractivity contribution in [3.05, 3.63) is 88.9 Å². The van der Waals surface area contributed by atoms with E-state index in [1.54, 1.807) is 29.2 Å². The smallest absolute Gasteiger partial charge is 0.341 e. The van der Waals surface area contributed by atoms with Crippen LogP contribution < -0.4 is 20.3 Å². The van der Waals surface area contributed by atoms with Gasteiger partial charge in [0.05, 0.1) is 17.8 Å². The lowest BCUT2D eigenvalue weighted by atomic mass is 9.60. The average Bonchev–Trinajstić information content (AvgIpc) is 3.94. The Morgan fingerprint density at radius 3 is 2.45 bits per heavy atom. The number of aliphatic hydroxyl groups excluding tert-OH is 1. The largest absolute Gasteiger partial charge is 0.507 e. The lowest BCUT2D eigenvalue weighted by molar-refractivity contribution is -0.142. The van der Waals surface area contributed by atoms with Gasteiger partial charge >= 0.3 is 12.0 Å². The van der Waals surface area contributed by atoms with Crippen LogP contribution in [0.5, 0.6) is 11.5 Å². The van der Waals surface area contributed by atoms with Crippen LogP contribution in [0.1, 0.15) is 99.7 Å². The van der Waals surface area contributed by atoms with E-state index in [2.05, 4.69) is 48.5 Å². The number of aliphatic carboxylic acids is 1. The number of rotatable bonds is 12. The van der Waals surface area contributed by atoms with Crippen LogP contribution in [-0.4, -0.2) is 149 Å². The molecule has 0 radical (unpaired) electrons. The van der Waals surface area contributed by atoms with E-state index in [1.807, 2.05) is 51.4 Å². The molecule has 1 aliphatic carbocycles. The van der Waals surface area contributed by atoms with E-state index < -0.39 is 48.0 Å². The van der Waals surface area contributed by atoms with Crippen molar-refractivity contribution in [3.63, 3.8) is 0 Å². The highest BCUT2D eigenvalue weighted by Crippen LogP contribution is 2.51. The minimum absolute atomic E-state index is 0.00373. The number of anilines is 1. The number of benzene rings is 2. The third kappa shape index (κ3) is 9.85. The number of ether oxygens (including phenoxy) is 1. The van der Waals surface area contributed by atoms with Gasteiger partial charge in [0.15, 0.2) is 12.3 Å². The number of terminal acetylenes is 1. The van der Waals surface area contributed by atoms with E-state index in [4.69, 9.17) is 26.2 Å². The van der Waals surface area contributed by atoms with E-state index in [9.17, 15) is 29.4 Å². The summed E-state index contributed by atoms with van der Waals surface area (Å²) in [5.74, 6) is 1.80. The van der Waals surface area contributed by atoms with Crippen LogP contribution in [0.25, 0.3) is 22.3 Å². The van der Waals surface area contributed by atoms with Gasteiger partial charge in [-0.05, 0) is 92.9 Å². The first-order chi connectivity index (χ1) is 35.0. The second-order valence-corrected chi connectivity index (χ2v) is 21.7. The Hall–Kier alpha value is -7.30. The number of para-hydroxylation sites is 1. The van der Waals surface area contributed by atoms with E-state index in [0.29, 0.717) is 53.4 Å². The number of carbonyl (C=O) groups excluding carboxylic acids is 3. The van der Waals surface area contributed by atoms with Crippen molar-refractivity contribution in [1.29, 1.82) is 0 Å². The van der Waals surface area contributed by atoms with Gasteiger partial charge in [-0.3, -0.25) is 9.59 Å². The van der Waals surface area contributed by atoms with Gasteiger partial charge in [0.25, 0.3) is 0 Å². The number of aromatic nitrogens is 5. The molecule has 4 fully saturated rings. The molecule has 6 N–H and O–H groups in total. The molecular formula is C54H63N11O8. The van der Waals surface area contributed by atoms with Gasteiger partial charge in [-0.2, -0.15) is 0 Å². The molecule has 0 unspecified atom stereocenters. The van der Waals surface area contributed by atoms with Crippen molar-refractivity contribution in [2.75, 3.05) is 50.8 Å². The maximum absolute atomic E-state index is 14.3. The SMILES string of the molecule is C#Cc1ccc(CNC(=O)[C@@H]2C[C@@H](O)CN2C(=O)[C@@H](NC(=O)N2CC3(CC(N4CCC(c5cnc(N6CCc7[nH]c8nnc(-c9ccccc9O)cc8c7[C@H]6C)nc5)CC4)C3)C2)C(C)(C)C)c(OCC(=O)O)c1. The van der Waals surface area contributed by atoms with Crippen LogP contribution >= 0.6 is 0 Å². The summed E-state index contributed by atoms with van der Waals surface area (Å²) >= 11 is 0. The number of aromatic amines is 1. The lowest BCUT2D eigenvalue weighted by Crippen LogP contribution is -2.70. The van der Waals surface area contributed by atoms with Gasteiger partial charge in [-0.15, -0.1) is 16.6 Å². The molecule has 4 atom stereocenters. The molecule has 3 saturated heterocycles. The number of hydrogen-bond acceptors (Lipinski definition) is 13. The minimum Gasteiger partial charge on any atom is -0.507 e. The number of aliphatic hydroxyl groups is 1. The van der Waals surface area contributed by atoms with E-state index >= 15 is 0 Å². The van der Waals surface area contributed by atoms with Crippen LogP contribution in [0.15, 0.2) is 60.9 Å². The Morgan fingerprint density at radius 1 is 1.01 bits per heavy atom. The van der Waals surface area contributed by atoms with Crippen molar-refractivity contribution in [1.82, 2.24) is 50.5 Å². The number of amides is 4. The summed E-state index contributed by atoms with van der Waals surface area (Å²) in [5.41, 5.74) is 5.73. The number of nitrogens with zero attached hydrogens (tertiary/aromatic N) is 8. The molecule has 2 aromatic carbocycles. The van der Waals surface area contributed by atoms with Crippen molar-refractivity contribution in [2.24, 2.45) is 10.8 Å². The number of phenols is 1. The molecule has 4 amide bonds. The fourth-order valence-electron chi connectivity index (χ4n) is 11.8. The molecular weight excluding hydrogens is 931 g/mol. The molecule has 10 rings (SSSR count). The van der Waals surface area contributed by atoms with Crippen molar-refractivity contribution >= 4 is 40.8 Å². The molecule has 7 heterocycles. The molecule has 73 heavy (non-hydrogen) atoms. The predicted octanol–water partition coefficient (Wildman–Crippen LogP) is 4.74. The zero-order chi connectivity index (χ0) is 51.3. The lowest BCUT2D eigenvalue weighted by Gasteiger charge is -2.61. The maximum Gasteiger partial charge on any atom is 0.341 e. The summed E-state index contributed by atoms with van der Waals surface area (Å²) in [6.07, 6.45) is 13.5. The summed E-state index contributed by atoms with van der Waals surface area (Å²) in [5, 5.41) is 46.0. The van der Waals surface area contributed by atoms with Crippen LogP contribution in [0.3, 0.4) is 0 Å². The minimum atomic E-state index is -1.17. The highest BCUT2D eigenvalue weighted by Gasteiger charge is 2.56. The van der Waals surface area contributed by atoms with Gasteiger partial charge in [0.2, 0.25) is 17.8 Å². The molecule has 5 aliphatic rings. The van der Waals surface area contributed by atoms with Gasteiger partial charge in [0.1, 0.15) is 23.6 Å². The molecule has 5 aromatic rings. The number of H-pyrrole nitrogens is 1. The summed E-state index contributed by atoms with van der Waals surface area (Å²) < 4.78 is 5.42. The van der Waals surface area contributed by atoms with Crippen molar-refractivity contribution < 1.29 is 39.2 Å². The molecule has 19 heteroatoms. The fourth-order valence-corrected chi connectivity index (χ4v) is 11.8. The van der Waals surface area contributed by atoms with Gasteiger partial charge < -0.3 is 55.3 Å². The highest BCUT2D eigenvalue weighted by atomic mass is 16.5. The summed E-state index contributed by atoms with van der Waals surface area (Å²) in [6, 6.07) is 12.1. The molecule has 1 spiro atoms. The molecule has 3 aromatic heterocycles. The van der Waals surface area contributed by atoms with Crippen molar-refractivity contribution in [2.45, 2.75) is 109 Å². The Labute approximate surface area is 423 Å². The maximum atomic E-state index is 14.3. The second kappa shape index (κ2) is 19.6. The normalized spacial score (nSPS) is 21.5. The number of hydrogen-bond donors (Lipinski definition) is 6. The van der Waals surface area contributed by atoms with Gasteiger partial charge in [0, 0.05) is 103 Å². The number of carboxylic acid groups (broad SMARTS) is 1. The predicted molar refractivity (Wildman–Crippen MR) is 270 cm³/mol. The molecule has 19 nitrogen and oxygen atoms in total. The first-order valence-electron chi connectivity index (χ1n) is 25.2. The highest BCUT2D eigenvalue weighted by molar-refractivity contribution is 5.93. The monoisotopic (exact) mass is 993 g/mol. The zero-order valence-electron chi connectivity index (χ0n) is 41.7. The topological polar surface area (TPSA) is 243 Å². The van der Waals surface area contributed by atoms with E-state index in [0.717, 1.165) is 79.6 Å². The Morgan fingerprint density at radius 2 is 1.75 bits per heavy atom. The third-order valence-corrected chi connectivity index (χ3v) is 15.7. The number of β-amino-alcohol motifs (C(OH)–C–C–N with tert-alkyl or cyclic N) is 1. The number of aromatic hydroxyl groups is 1. The second-order valence-electron chi connectivity index (χ2n) is 21.7. The first-order valence-corrected chi connectivity index (χ1v) is 25.2. The standard InChI is InChI=1S/C54H63N11O8/c1-6-32-11-12-34(44(19-32)73-28-45(68)69)24-55-49(70)42-20-37(66)27-65(42)50(71)47(53(3,4)5)59-52(72)63-29-54(30-63)22-36(23-54)62-16-13-33(14-17-62)35-25-56-51(57-26-35)64-18-15-40-46(31(64)2)39-21-41(60-61-48(39)58-40)38-9-7-8-10-43(38)67/h1,7-12,19,21,25-26,31,33,36-37,42,47,66-67H,13-18,20,22-24,27-30H2,2-5H3,(H,55,70)(H,58,61)(H,59,72)(H,68,69)/t31-,37-,42+,47-/m1/s1. The number of carboxylic acids is 1. The third-order valence-electron chi connectivity index (χ3n) is 15.7.